The lowest BCUT2D eigenvalue weighted by atomic mass is 10.1. The van der Waals surface area contributed by atoms with E-state index in [2.05, 4.69) is 11.7 Å². The Morgan fingerprint density at radius 3 is 1.94 bits per heavy atom. The summed E-state index contributed by atoms with van der Waals surface area (Å²) in [5, 5.41) is 0. The summed E-state index contributed by atoms with van der Waals surface area (Å²) in [5.74, 6) is 2.15. The van der Waals surface area contributed by atoms with E-state index in [1.807, 2.05) is 11.8 Å². The molecule has 0 bridgehead atoms. The molecular formula is C15H30O2S. The van der Waals surface area contributed by atoms with Crippen LogP contribution in [-0.2, 0) is 9.53 Å². The highest BCUT2D eigenvalue weighted by molar-refractivity contribution is 7.99. The first-order valence-electron chi connectivity index (χ1n) is 7.54. The molecule has 0 aliphatic rings. The molecular weight excluding hydrogens is 244 g/mol. The van der Waals surface area contributed by atoms with Gasteiger partial charge in [0, 0.05) is 5.75 Å². The van der Waals surface area contributed by atoms with E-state index in [-0.39, 0.29) is 0 Å². The van der Waals surface area contributed by atoms with E-state index in [0.717, 1.165) is 5.75 Å². The van der Waals surface area contributed by atoms with E-state index >= 15 is 0 Å². The second kappa shape index (κ2) is 16.8. The Morgan fingerprint density at radius 1 is 0.833 bits per heavy atom. The second-order valence-electron chi connectivity index (χ2n) is 4.76. The normalized spacial score (nSPS) is 10.5. The van der Waals surface area contributed by atoms with Gasteiger partial charge in [0.05, 0.1) is 0 Å². The van der Waals surface area contributed by atoms with Crippen molar-refractivity contribution in [3.63, 3.8) is 0 Å². The van der Waals surface area contributed by atoms with Crippen molar-refractivity contribution in [1.29, 1.82) is 0 Å². The summed E-state index contributed by atoms with van der Waals surface area (Å²) in [7, 11) is 0. The molecule has 0 atom stereocenters. The van der Waals surface area contributed by atoms with Crippen molar-refractivity contribution in [3.05, 3.63) is 0 Å². The van der Waals surface area contributed by atoms with Crippen LogP contribution < -0.4 is 0 Å². The SMILES string of the molecule is CCCCCCCCCCCCSCCOC=O. The van der Waals surface area contributed by atoms with Crippen LogP contribution in [0.15, 0.2) is 0 Å². The number of carbonyl (C=O) groups excluding carboxylic acids is 1. The van der Waals surface area contributed by atoms with Crippen LogP contribution in [0.1, 0.15) is 71.1 Å². The van der Waals surface area contributed by atoms with Crippen LogP contribution in [0, 0.1) is 0 Å². The first-order valence-corrected chi connectivity index (χ1v) is 8.70. The van der Waals surface area contributed by atoms with Gasteiger partial charge >= 0.3 is 0 Å². The number of hydrogen-bond acceptors (Lipinski definition) is 3. The topological polar surface area (TPSA) is 26.3 Å². The summed E-state index contributed by atoms with van der Waals surface area (Å²) in [4.78, 5) is 9.89. The number of ether oxygens (including phenoxy) is 1. The summed E-state index contributed by atoms with van der Waals surface area (Å²) in [6.45, 7) is 3.36. The van der Waals surface area contributed by atoms with Crippen LogP contribution in [-0.4, -0.2) is 24.6 Å². The Morgan fingerprint density at radius 2 is 1.39 bits per heavy atom. The fourth-order valence-electron chi connectivity index (χ4n) is 1.95. The molecule has 0 spiro atoms. The fourth-order valence-corrected chi connectivity index (χ4v) is 2.78. The third-order valence-corrected chi connectivity index (χ3v) is 4.09. The minimum atomic E-state index is 0.529. The minimum absolute atomic E-state index is 0.529. The van der Waals surface area contributed by atoms with Gasteiger partial charge in [0.1, 0.15) is 6.61 Å². The number of thioether (sulfide) groups is 1. The van der Waals surface area contributed by atoms with E-state index in [4.69, 9.17) is 0 Å². The molecule has 0 aliphatic carbocycles. The summed E-state index contributed by atoms with van der Waals surface area (Å²) in [5.41, 5.74) is 0. The lowest BCUT2D eigenvalue weighted by molar-refractivity contribution is -0.128. The van der Waals surface area contributed by atoms with Crippen molar-refractivity contribution in [2.45, 2.75) is 71.1 Å². The zero-order valence-corrected chi connectivity index (χ0v) is 12.8. The molecule has 2 nitrogen and oxygen atoms in total. The zero-order valence-electron chi connectivity index (χ0n) is 12.0. The second-order valence-corrected chi connectivity index (χ2v) is 5.99. The number of hydrogen-bond donors (Lipinski definition) is 0. The average molecular weight is 274 g/mol. The van der Waals surface area contributed by atoms with Crippen molar-refractivity contribution in [1.82, 2.24) is 0 Å². The molecule has 108 valence electrons. The van der Waals surface area contributed by atoms with Gasteiger partial charge in [-0.05, 0) is 12.2 Å². The maximum atomic E-state index is 9.89. The molecule has 18 heavy (non-hydrogen) atoms. The number of unbranched alkanes of at least 4 members (excludes halogenated alkanes) is 9. The van der Waals surface area contributed by atoms with Gasteiger partial charge in [0.25, 0.3) is 6.47 Å². The minimum Gasteiger partial charge on any atom is -0.467 e. The quantitative estimate of drug-likeness (QED) is 0.316. The largest absolute Gasteiger partial charge is 0.467 e. The molecule has 0 aromatic carbocycles. The molecule has 0 aromatic rings. The van der Waals surface area contributed by atoms with Gasteiger partial charge in [0.15, 0.2) is 0 Å². The first-order chi connectivity index (χ1) is 8.91. The first kappa shape index (κ1) is 17.8. The van der Waals surface area contributed by atoms with Crippen LogP contribution >= 0.6 is 11.8 Å². The molecule has 0 fully saturated rings. The summed E-state index contributed by atoms with van der Waals surface area (Å²) in [6.07, 6.45) is 13.9. The lowest BCUT2D eigenvalue weighted by Crippen LogP contribution is -1.95. The Kier molecular flexibility index (Phi) is 16.7. The zero-order chi connectivity index (χ0) is 13.3. The molecule has 0 radical (unpaired) electrons. The fraction of sp³-hybridized carbons (Fsp3) is 0.933. The van der Waals surface area contributed by atoms with Crippen LogP contribution in [0.2, 0.25) is 0 Å². The molecule has 0 N–H and O–H groups in total. The van der Waals surface area contributed by atoms with Crippen molar-refractivity contribution in [3.8, 4) is 0 Å². The summed E-state index contributed by atoms with van der Waals surface area (Å²) in [6, 6.07) is 0. The molecule has 0 heterocycles. The summed E-state index contributed by atoms with van der Waals surface area (Å²) >= 11 is 1.89. The van der Waals surface area contributed by atoms with E-state index in [1.54, 1.807) is 0 Å². The maximum Gasteiger partial charge on any atom is 0.293 e. The third-order valence-electron chi connectivity index (χ3n) is 3.06. The molecule has 0 saturated carbocycles. The van der Waals surface area contributed by atoms with Crippen molar-refractivity contribution in [2.24, 2.45) is 0 Å². The highest BCUT2D eigenvalue weighted by Crippen LogP contribution is 2.12. The van der Waals surface area contributed by atoms with Crippen LogP contribution in [0.4, 0.5) is 0 Å². The monoisotopic (exact) mass is 274 g/mol. The highest BCUT2D eigenvalue weighted by atomic mass is 32.2. The van der Waals surface area contributed by atoms with Gasteiger partial charge in [-0.2, -0.15) is 11.8 Å². The Labute approximate surface area is 117 Å². The van der Waals surface area contributed by atoms with Gasteiger partial charge < -0.3 is 4.74 Å². The van der Waals surface area contributed by atoms with Gasteiger partial charge in [-0.3, -0.25) is 4.79 Å². The average Bonchev–Trinajstić information content (AvgIpc) is 2.39. The van der Waals surface area contributed by atoms with Crippen LogP contribution in [0.25, 0.3) is 0 Å². The highest BCUT2D eigenvalue weighted by Gasteiger charge is 1.93. The van der Waals surface area contributed by atoms with Crippen LogP contribution in [0.3, 0.4) is 0 Å². The van der Waals surface area contributed by atoms with Gasteiger partial charge in [-0.25, -0.2) is 0 Å². The van der Waals surface area contributed by atoms with Gasteiger partial charge in [-0.15, -0.1) is 0 Å². The summed E-state index contributed by atoms with van der Waals surface area (Å²) < 4.78 is 4.63. The smallest absolute Gasteiger partial charge is 0.293 e. The van der Waals surface area contributed by atoms with Crippen molar-refractivity contribution >= 4 is 18.2 Å². The molecule has 0 aliphatic heterocycles. The standard InChI is InChI=1S/C15H30O2S/c1-2-3-4-5-6-7-8-9-10-11-13-18-14-12-17-15-16/h15H,2-14H2,1H3. The van der Waals surface area contributed by atoms with Gasteiger partial charge in [-0.1, -0.05) is 64.7 Å². The third kappa shape index (κ3) is 15.8. The van der Waals surface area contributed by atoms with E-state index in [1.165, 1.54) is 70.0 Å². The predicted octanol–water partition coefficient (Wildman–Crippen LogP) is 4.81. The Bertz CT molecular complexity index is 163. The number of rotatable bonds is 15. The molecule has 0 unspecified atom stereocenters. The Hall–Kier alpha value is -0.180. The number of carbonyl (C=O) groups is 1. The molecule has 0 saturated heterocycles. The molecule has 3 heteroatoms. The maximum absolute atomic E-state index is 9.89. The van der Waals surface area contributed by atoms with Crippen molar-refractivity contribution in [2.75, 3.05) is 18.1 Å². The predicted molar refractivity (Wildman–Crippen MR) is 81.2 cm³/mol. The molecule has 0 amide bonds. The molecule has 0 rings (SSSR count). The Balaban J connectivity index is 2.88. The van der Waals surface area contributed by atoms with Crippen molar-refractivity contribution < 1.29 is 9.53 Å². The molecule has 0 aromatic heterocycles. The van der Waals surface area contributed by atoms with E-state index in [0.29, 0.717) is 13.1 Å². The van der Waals surface area contributed by atoms with Crippen LogP contribution in [0.5, 0.6) is 0 Å². The lowest BCUT2D eigenvalue weighted by Gasteiger charge is -2.02. The van der Waals surface area contributed by atoms with E-state index < -0.39 is 0 Å². The van der Waals surface area contributed by atoms with Gasteiger partial charge in [0.2, 0.25) is 0 Å². The van der Waals surface area contributed by atoms with E-state index in [9.17, 15) is 4.79 Å².